The standard InChI is InChI=1S/C19H29N5O/c1-13(2)24-18-17(12-21-24)16(11-14(3)22-18)19(25)20-8-10-23-9-6-5-7-15(23)4/h11-13,15H,5-10H2,1-4H3,(H,20,25)/t15-/m0/s1. The predicted molar refractivity (Wildman–Crippen MR) is 99.9 cm³/mol. The zero-order chi connectivity index (χ0) is 18.0. The summed E-state index contributed by atoms with van der Waals surface area (Å²) in [6.45, 7) is 11.0. The first-order valence-corrected chi connectivity index (χ1v) is 9.34. The number of nitrogens with zero attached hydrogens (tertiary/aromatic N) is 4. The molecule has 1 fully saturated rings. The summed E-state index contributed by atoms with van der Waals surface area (Å²) in [6, 6.07) is 2.68. The Morgan fingerprint density at radius 3 is 2.92 bits per heavy atom. The molecule has 6 nitrogen and oxygen atoms in total. The second kappa shape index (κ2) is 7.52. The number of amides is 1. The maximum Gasteiger partial charge on any atom is 0.252 e. The number of likely N-dealkylation sites (tertiary alicyclic amines) is 1. The number of aryl methyl sites for hydroxylation is 1. The topological polar surface area (TPSA) is 63.1 Å². The van der Waals surface area contributed by atoms with E-state index in [0.29, 0.717) is 18.2 Å². The number of pyridine rings is 1. The Labute approximate surface area is 149 Å². The van der Waals surface area contributed by atoms with Crippen molar-refractivity contribution in [2.75, 3.05) is 19.6 Å². The lowest BCUT2D eigenvalue weighted by Crippen LogP contribution is -2.42. The molecule has 1 aliphatic heterocycles. The fourth-order valence-electron chi connectivity index (χ4n) is 3.61. The van der Waals surface area contributed by atoms with Gasteiger partial charge in [0.1, 0.15) is 0 Å². The van der Waals surface area contributed by atoms with Crippen LogP contribution in [0.4, 0.5) is 0 Å². The fourth-order valence-corrected chi connectivity index (χ4v) is 3.61. The normalized spacial score (nSPS) is 18.8. The number of aromatic nitrogens is 3. The minimum absolute atomic E-state index is 0.0385. The van der Waals surface area contributed by atoms with Crippen molar-refractivity contribution in [2.45, 2.75) is 59.0 Å². The van der Waals surface area contributed by atoms with Crippen LogP contribution in [0.5, 0.6) is 0 Å². The Morgan fingerprint density at radius 2 is 2.20 bits per heavy atom. The lowest BCUT2D eigenvalue weighted by Gasteiger charge is -2.33. The smallest absolute Gasteiger partial charge is 0.252 e. The molecule has 0 aliphatic carbocycles. The fraction of sp³-hybridized carbons (Fsp3) is 0.632. The Balaban J connectivity index is 1.71. The SMILES string of the molecule is Cc1cc(C(=O)NCCN2CCCC[C@@H]2C)c2cnn(C(C)C)c2n1. The van der Waals surface area contributed by atoms with Gasteiger partial charge in [-0.2, -0.15) is 5.10 Å². The number of nitrogens with one attached hydrogen (secondary N) is 1. The van der Waals surface area contributed by atoms with Crippen molar-refractivity contribution in [2.24, 2.45) is 0 Å². The van der Waals surface area contributed by atoms with Crippen LogP contribution in [0.15, 0.2) is 12.3 Å². The van der Waals surface area contributed by atoms with E-state index in [-0.39, 0.29) is 11.9 Å². The molecule has 1 aliphatic rings. The minimum atomic E-state index is -0.0385. The molecule has 3 heterocycles. The zero-order valence-electron chi connectivity index (χ0n) is 15.7. The van der Waals surface area contributed by atoms with E-state index >= 15 is 0 Å². The summed E-state index contributed by atoms with van der Waals surface area (Å²) >= 11 is 0. The highest BCUT2D eigenvalue weighted by Gasteiger charge is 2.19. The van der Waals surface area contributed by atoms with Crippen LogP contribution < -0.4 is 5.32 Å². The summed E-state index contributed by atoms with van der Waals surface area (Å²) in [5, 5.41) is 8.31. The molecule has 1 saturated heterocycles. The average Bonchev–Trinajstić information content (AvgIpc) is 2.99. The van der Waals surface area contributed by atoms with Gasteiger partial charge in [0, 0.05) is 30.9 Å². The van der Waals surface area contributed by atoms with Gasteiger partial charge in [-0.05, 0) is 53.1 Å². The molecular weight excluding hydrogens is 314 g/mol. The van der Waals surface area contributed by atoms with Crippen molar-refractivity contribution >= 4 is 16.9 Å². The summed E-state index contributed by atoms with van der Waals surface area (Å²) in [5.74, 6) is -0.0385. The van der Waals surface area contributed by atoms with Gasteiger partial charge < -0.3 is 5.32 Å². The van der Waals surface area contributed by atoms with Crippen molar-refractivity contribution < 1.29 is 4.79 Å². The third kappa shape index (κ3) is 3.84. The predicted octanol–water partition coefficient (Wildman–Crippen LogP) is 2.92. The molecule has 1 atom stereocenters. The van der Waals surface area contributed by atoms with Crippen LogP contribution in [0, 0.1) is 6.92 Å². The molecule has 136 valence electrons. The van der Waals surface area contributed by atoms with Crippen molar-refractivity contribution in [1.82, 2.24) is 25.0 Å². The lowest BCUT2D eigenvalue weighted by atomic mass is 10.0. The third-order valence-corrected chi connectivity index (χ3v) is 5.05. The first kappa shape index (κ1) is 17.9. The van der Waals surface area contributed by atoms with Gasteiger partial charge >= 0.3 is 0 Å². The van der Waals surface area contributed by atoms with Gasteiger partial charge in [0.2, 0.25) is 0 Å². The maximum absolute atomic E-state index is 12.7. The van der Waals surface area contributed by atoms with Crippen molar-refractivity contribution in [1.29, 1.82) is 0 Å². The second-order valence-electron chi connectivity index (χ2n) is 7.37. The molecule has 0 radical (unpaired) electrons. The molecule has 25 heavy (non-hydrogen) atoms. The average molecular weight is 343 g/mol. The van der Waals surface area contributed by atoms with E-state index in [1.165, 1.54) is 19.3 Å². The number of piperidine rings is 1. The monoisotopic (exact) mass is 343 g/mol. The number of fused-ring (bicyclic) bond motifs is 1. The zero-order valence-corrected chi connectivity index (χ0v) is 15.7. The molecule has 0 saturated carbocycles. The number of hydrogen-bond acceptors (Lipinski definition) is 4. The molecule has 1 amide bonds. The van der Waals surface area contributed by atoms with E-state index < -0.39 is 0 Å². The van der Waals surface area contributed by atoms with Crippen LogP contribution in [0.3, 0.4) is 0 Å². The number of carbonyl (C=O) groups excluding carboxylic acids is 1. The minimum Gasteiger partial charge on any atom is -0.351 e. The maximum atomic E-state index is 12.7. The van der Waals surface area contributed by atoms with Crippen LogP contribution in [0.1, 0.15) is 62.1 Å². The van der Waals surface area contributed by atoms with Crippen LogP contribution in [0.2, 0.25) is 0 Å². The van der Waals surface area contributed by atoms with Gasteiger partial charge in [-0.3, -0.25) is 9.69 Å². The van der Waals surface area contributed by atoms with Gasteiger partial charge in [-0.15, -0.1) is 0 Å². The van der Waals surface area contributed by atoms with E-state index in [1.54, 1.807) is 6.20 Å². The van der Waals surface area contributed by atoms with Crippen LogP contribution in [-0.2, 0) is 0 Å². The first-order chi connectivity index (χ1) is 12.0. The molecule has 3 rings (SSSR count). The Hall–Kier alpha value is -1.95. The largest absolute Gasteiger partial charge is 0.351 e. The molecule has 0 unspecified atom stereocenters. The molecule has 2 aromatic rings. The summed E-state index contributed by atoms with van der Waals surface area (Å²) in [7, 11) is 0. The van der Waals surface area contributed by atoms with Gasteiger partial charge in [0.15, 0.2) is 5.65 Å². The van der Waals surface area contributed by atoms with E-state index in [0.717, 1.165) is 29.8 Å². The van der Waals surface area contributed by atoms with E-state index in [4.69, 9.17) is 0 Å². The molecule has 2 aromatic heterocycles. The summed E-state index contributed by atoms with van der Waals surface area (Å²) in [4.78, 5) is 19.8. The van der Waals surface area contributed by atoms with Crippen molar-refractivity contribution in [3.8, 4) is 0 Å². The van der Waals surface area contributed by atoms with Gasteiger partial charge in [-0.25, -0.2) is 9.67 Å². The van der Waals surface area contributed by atoms with Crippen LogP contribution >= 0.6 is 0 Å². The van der Waals surface area contributed by atoms with Crippen molar-refractivity contribution in [3.05, 3.63) is 23.5 Å². The third-order valence-electron chi connectivity index (χ3n) is 5.05. The van der Waals surface area contributed by atoms with Crippen molar-refractivity contribution in [3.63, 3.8) is 0 Å². The summed E-state index contributed by atoms with van der Waals surface area (Å²) < 4.78 is 1.87. The molecule has 1 N–H and O–H groups in total. The Kier molecular flexibility index (Phi) is 5.37. The molecule has 0 spiro atoms. The van der Waals surface area contributed by atoms with E-state index in [2.05, 4.69) is 41.1 Å². The summed E-state index contributed by atoms with van der Waals surface area (Å²) in [5.41, 5.74) is 2.29. The molecular formula is C19H29N5O. The highest BCUT2D eigenvalue weighted by atomic mass is 16.1. The van der Waals surface area contributed by atoms with Gasteiger partial charge in [0.25, 0.3) is 5.91 Å². The van der Waals surface area contributed by atoms with Gasteiger partial charge in [0.05, 0.1) is 17.1 Å². The number of rotatable bonds is 5. The quantitative estimate of drug-likeness (QED) is 0.907. The Morgan fingerprint density at radius 1 is 1.40 bits per heavy atom. The van der Waals surface area contributed by atoms with Crippen LogP contribution in [-0.4, -0.2) is 51.2 Å². The highest BCUT2D eigenvalue weighted by Crippen LogP contribution is 2.21. The second-order valence-corrected chi connectivity index (χ2v) is 7.37. The molecule has 0 bridgehead atoms. The van der Waals surface area contributed by atoms with Gasteiger partial charge in [-0.1, -0.05) is 6.42 Å². The number of hydrogen-bond donors (Lipinski definition) is 1. The first-order valence-electron chi connectivity index (χ1n) is 9.34. The lowest BCUT2D eigenvalue weighted by molar-refractivity contribution is 0.0940. The number of carbonyl (C=O) groups is 1. The van der Waals surface area contributed by atoms with E-state index in [9.17, 15) is 4.79 Å². The molecule has 0 aromatic carbocycles. The Bertz CT molecular complexity index is 752. The summed E-state index contributed by atoms with van der Waals surface area (Å²) in [6.07, 6.45) is 5.59. The highest BCUT2D eigenvalue weighted by molar-refractivity contribution is 6.05. The molecule has 6 heteroatoms. The van der Waals surface area contributed by atoms with E-state index in [1.807, 2.05) is 17.7 Å². The van der Waals surface area contributed by atoms with Crippen LogP contribution in [0.25, 0.3) is 11.0 Å².